The van der Waals surface area contributed by atoms with E-state index in [1.165, 1.54) is 12.5 Å². The predicted molar refractivity (Wildman–Crippen MR) is 66.6 cm³/mol. The summed E-state index contributed by atoms with van der Waals surface area (Å²) in [4.78, 5) is 0. The van der Waals surface area contributed by atoms with Gasteiger partial charge in [0, 0.05) is 18.4 Å². The highest BCUT2D eigenvalue weighted by Gasteiger charge is 2.47. The first-order valence-electron chi connectivity index (χ1n) is 6.80. The molecule has 1 spiro atoms. The Morgan fingerprint density at radius 3 is 2.56 bits per heavy atom. The lowest BCUT2D eigenvalue weighted by Gasteiger charge is -2.31. The van der Waals surface area contributed by atoms with Crippen LogP contribution in [0, 0.1) is 5.82 Å². The Kier molecular flexibility index (Phi) is 3.12. The molecule has 1 aromatic rings. The molecule has 1 aromatic carbocycles. The Morgan fingerprint density at radius 1 is 1.11 bits per heavy atom. The van der Waals surface area contributed by atoms with Crippen LogP contribution in [0.4, 0.5) is 4.39 Å². The minimum Gasteiger partial charge on any atom is -0.344 e. The fourth-order valence-corrected chi connectivity index (χ4v) is 3.10. The average Bonchev–Trinajstić information content (AvgIpc) is 2.67. The van der Waals surface area contributed by atoms with Gasteiger partial charge in [-0.1, -0.05) is 24.6 Å². The topological polar surface area (TPSA) is 18.5 Å². The zero-order chi connectivity index (χ0) is 12.6. The maximum absolute atomic E-state index is 13.8. The second kappa shape index (κ2) is 4.63. The van der Waals surface area contributed by atoms with E-state index in [0.717, 1.165) is 25.7 Å². The van der Waals surface area contributed by atoms with E-state index in [0.29, 0.717) is 5.56 Å². The van der Waals surface area contributed by atoms with Crippen LogP contribution in [0.25, 0.3) is 0 Å². The van der Waals surface area contributed by atoms with Gasteiger partial charge in [-0.05, 0) is 25.8 Å². The largest absolute Gasteiger partial charge is 0.344 e. The zero-order valence-electron chi connectivity index (χ0n) is 10.7. The van der Waals surface area contributed by atoms with Gasteiger partial charge in [0.25, 0.3) is 0 Å². The van der Waals surface area contributed by atoms with E-state index in [-0.39, 0.29) is 18.0 Å². The van der Waals surface area contributed by atoms with Crippen LogP contribution in [-0.4, -0.2) is 11.9 Å². The molecule has 3 rings (SSSR count). The summed E-state index contributed by atoms with van der Waals surface area (Å²) in [6, 6.07) is 6.83. The summed E-state index contributed by atoms with van der Waals surface area (Å²) >= 11 is 0. The van der Waals surface area contributed by atoms with Crippen molar-refractivity contribution in [1.29, 1.82) is 0 Å². The molecule has 0 radical (unpaired) electrons. The smallest absolute Gasteiger partial charge is 0.169 e. The van der Waals surface area contributed by atoms with E-state index in [1.54, 1.807) is 12.1 Å². The Hall–Kier alpha value is -0.930. The number of halogens is 1. The molecule has 1 aliphatic heterocycles. The third-order valence-electron chi connectivity index (χ3n) is 4.00. The van der Waals surface area contributed by atoms with Gasteiger partial charge >= 0.3 is 0 Å². The van der Waals surface area contributed by atoms with Crippen LogP contribution in [0.2, 0.25) is 0 Å². The van der Waals surface area contributed by atoms with E-state index in [2.05, 4.69) is 0 Å². The molecule has 0 N–H and O–H groups in total. The van der Waals surface area contributed by atoms with Crippen molar-refractivity contribution >= 4 is 0 Å². The van der Waals surface area contributed by atoms with E-state index >= 15 is 0 Å². The van der Waals surface area contributed by atoms with Crippen molar-refractivity contribution in [2.24, 2.45) is 0 Å². The molecule has 98 valence electrons. The molecule has 0 aromatic heterocycles. The molecule has 3 heteroatoms. The molecule has 1 heterocycles. The zero-order valence-corrected chi connectivity index (χ0v) is 10.7. The number of hydrogen-bond acceptors (Lipinski definition) is 2. The third-order valence-corrected chi connectivity index (χ3v) is 4.00. The molecular weight excluding hydrogens is 231 g/mol. The Bertz CT molecular complexity index is 426. The van der Waals surface area contributed by atoms with Gasteiger partial charge < -0.3 is 9.47 Å². The molecule has 1 saturated carbocycles. The third kappa shape index (κ3) is 2.06. The van der Waals surface area contributed by atoms with Crippen LogP contribution in [0.1, 0.15) is 50.7 Å². The normalized spacial score (nSPS) is 30.8. The van der Waals surface area contributed by atoms with Crippen LogP contribution in [0.5, 0.6) is 0 Å². The van der Waals surface area contributed by atoms with Gasteiger partial charge in [0.1, 0.15) is 11.9 Å². The van der Waals surface area contributed by atoms with Crippen LogP contribution in [0.3, 0.4) is 0 Å². The number of benzene rings is 1. The Morgan fingerprint density at radius 2 is 1.83 bits per heavy atom. The summed E-state index contributed by atoms with van der Waals surface area (Å²) in [7, 11) is 0. The lowest BCUT2D eigenvalue weighted by Crippen LogP contribution is -2.33. The number of rotatable bonds is 1. The van der Waals surface area contributed by atoms with Crippen LogP contribution >= 0.6 is 0 Å². The lowest BCUT2D eigenvalue weighted by molar-refractivity contribution is -0.193. The van der Waals surface area contributed by atoms with E-state index < -0.39 is 5.79 Å². The van der Waals surface area contributed by atoms with Crippen LogP contribution in [0.15, 0.2) is 24.3 Å². The molecule has 0 amide bonds. The quantitative estimate of drug-likeness (QED) is 0.751. The van der Waals surface area contributed by atoms with Crippen molar-refractivity contribution in [2.45, 2.75) is 57.0 Å². The van der Waals surface area contributed by atoms with Gasteiger partial charge in [-0.3, -0.25) is 0 Å². The highest BCUT2D eigenvalue weighted by Crippen LogP contribution is 2.46. The molecule has 2 nitrogen and oxygen atoms in total. The van der Waals surface area contributed by atoms with Crippen molar-refractivity contribution in [3.05, 3.63) is 35.6 Å². The van der Waals surface area contributed by atoms with Gasteiger partial charge in [0.15, 0.2) is 5.79 Å². The van der Waals surface area contributed by atoms with Crippen LogP contribution in [-0.2, 0) is 9.47 Å². The summed E-state index contributed by atoms with van der Waals surface area (Å²) in [5.41, 5.74) is 0.618. The van der Waals surface area contributed by atoms with Crippen molar-refractivity contribution in [2.75, 3.05) is 0 Å². The molecule has 18 heavy (non-hydrogen) atoms. The average molecular weight is 250 g/mol. The molecule has 1 saturated heterocycles. The summed E-state index contributed by atoms with van der Waals surface area (Å²) in [6.07, 6.45) is 5.02. The van der Waals surface area contributed by atoms with E-state index in [4.69, 9.17) is 9.47 Å². The summed E-state index contributed by atoms with van der Waals surface area (Å²) in [6.45, 7) is 1.97. The molecule has 1 aliphatic carbocycles. The molecule has 0 unspecified atom stereocenters. The molecule has 2 aliphatic rings. The minimum atomic E-state index is -0.454. The molecular formula is C15H19FO2. The summed E-state index contributed by atoms with van der Waals surface area (Å²) < 4.78 is 26.0. The van der Waals surface area contributed by atoms with Gasteiger partial charge in [0.2, 0.25) is 0 Å². The Labute approximate surface area is 107 Å². The van der Waals surface area contributed by atoms with Gasteiger partial charge in [-0.15, -0.1) is 0 Å². The first-order valence-corrected chi connectivity index (χ1v) is 6.80. The highest BCUT2D eigenvalue weighted by atomic mass is 19.1. The van der Waals surface area contributed by atoms with Crippen molar-refractivity contribution < 1.29 is 13.9 Å². The first-order chi connectivity index (χ1) is 8.70. The molecule has 0 bridgehead atoms. The summed E-state index contributed by atoms with van der Waals surface area (Å²) in [5, 5.41) is 0. The van der Waals surface area contributed by atoms with Gasteiger partial charge in [-0.25, -0.2) is 4.39 Å². The maximum Gasteiger partial charge on any atom is 0.169 e. The van der Waals surface area contributed by atoms with Crippen molar-refractivity contribution in [1.82, 2.24) is 0 Å². The second-order valence-corrected chi connectivity index (χ2v) is 5.35. The monoisotopic (exact) mass is 250 g/mol. The maximum atomic E-state index is 13.8. The van der Waals surface area contributed by atoms with Gasteiger partial charge in [0.05, 0.1) is 6.10 Å². The second-order valence-electron chi connectivity index (χ2n) is 5.35. The molecule has 2 atom stereocenters. The predicted octanol–water partition coefficient (Wildman–Crippen LogP) is 3.96. The Balaban J connectivity index is 1.84. The molecule has 2 fully saturated rings. The standard InChI is InChI=1S/C15H19FO2/c1-11-14(12-7-3-4-8-13(12)16)18-15(17-11)9-5-2-6-10-15/h3-4,7-8,11,14H,2,5-6,9-10H2,1H3/t11-,14-/m1/s1. The van der Waals surface area contributed by atoms with E-state index in [9.17, 15) is 4.39 Å². The number of hydrogen-bond donors (Lipinski definition) is 0. The number of ether oxygens (including phenoxy) is 2. The fraction of sp³-hybridized carbons (Fsp3) is 0.600. The minimum absolute atomic E-state index is 0.0833. The van der Waals surface area contributed by atoms with Crippen molar-refractivity contribution in [3.8, 4) is 0 Å². The van der Waals surface area contributed by atoms with Crippen LogP contribution < -0.4 is 0 Å². The fourth-order valence-electron chi connectivity index (χ4n) is 3.10. The highest BCUT2D eigenvalue weighted by molar-refractivity contribution is 5.22. The lowest BCUT2D eigenvalue weighted by atomic mass is 9.94. The van der Waals surface area contributed by atoms with E-state index in [1.807, 2.05) is 13.0 Å². The van der Waals surface area contributed by atoms with Crippen molar-refractivity contribution in [3.63, 3.8) is 0 Å². The first kappa shape index (κ1) is 12.1. The SMILES string of the molecule is C[C@H]1OC2(CCCCC2)O[C@H]1c1ccccc1F. The summed E-state index contributed by atoms with van der Waals surface area (Å²) in [5.74, 6) is -0.657. The van der Waals surface area contributed by atoms with Gasteiger partial charge in [-0.2, -0.15) is 0 Å².